The van der Waals surface area contributed by atoms with Crippen molar-refractivity contribution in [2.45, 2.75) is 39.5 Å². The van der Waals surface area contributed by atoms with E-state index in [0.717, 1.165) is 34.3 Å². The Labute approximate surface area is 152 Å². The van der Waals surface area contributed by atoms with Crippen LogP contribution in [0.4, 0.5) is 5.82 Å². The zero-order valence-electron chi connectivity index (χ0n) is 15.6. The number of nitrogens with one attached hydrogen (secondary N) is 1. The van der Waals surface area contributed by atoms with Crippen molar-refractivity contribution in [1.29, 1.82) is 0 Å². The van der Waals surface area contributed by atoms with Crippen molar-refractivity contribution in [3.8, 4) is 11.4 Å². The van der Waals surface area contributed by atoms with Crippen LogP contribution in [-0.4, -0.2) is 22.5 Å². The fraction of sp³-hybridized carbons (Fsp3) is 0.333. The lowest BCUT2D eigenvalue weighted by Crippen LogP contribution is -2.26. The summed E-state index contributed by atoms with van der Waals surface area (Å²) in [6.45, 7) is 8.62. The Kier molecular flexibility index (Phi) is 3.58. The van der Waals surface area contributed by atoms with Crippen LogP contribution in [0, 0.1) is 6.92 Å². The smallest absolute Gasteiger partial charge is 0.338 e. The summed E-state index contributed by atoms with van der Waals surface area (Å²) in [6.07, 6.45) is 0.875. The average molecular weight is 349 g/mol. The third-order valence-corrected chi connectivity index (χ3v) is 5.19. The molecule has 3 aromatic rings. The maximum atomic E-state index is 12.2. The van der Waals surface area contributed by atoms with Gasteiger partial charge in [0.2, 0.25) is 0 Å². The molecule has 0 fully saturated rings. The standard InChI is InChI=1S/C21H23N3O2/c1-5-26-20(25)12-6-7-15-14(9-12)16-18(23-15)17-13(10-21(16,3)4)8-11(2)19(22)24-17/h6-9,23H,5,10H2,1-4H3,(H2,22,24). The van der Waals surface area contributed by atoms with Crippen LogP contribution in [0.15, 0.2) is 24.3 Å². The number of nitrogens with two attached hydrogens (primary N) is 1. The molecule has 0 saturated carbocycles. The first-order valence-corrected chi connectivity index (χ1v) is 8.91. The summed E-state index contributed by atoms with van der Waals surface area (Å²) in [4.78, 5) is 20.3. The molecule has 1 aromatic carbocycles. The van der Waals surface area contributed by atoms with Crippen molar-refractivity contribution in [2.24, 2.45) is 0 Å². The second-order valence-electron chi connectivity index (χ2n) is 7.61. The molecule has 5 nitrogen and oxygen atoms in total. The molecule has 0 spiro atoms. The summed E-state index contributed by atoms with van der Waals surface area (Å²) >= 11 is 0. The van der Waals surface area contributed by atoms with Gasteiger partial charge in [-0.1, -0.05) is 19.9 Å². The van der Waals surface area contributed by atoms with E-state index >= 15 is 0 Å². The van der Waals surface area contributed by atoms with Gasteiger partial charge in [-0.2, -0.15) is 0 Å². The normalized spacial score (nSPS) is 14.8. The molecule has 0 aliphatic heterocycles. The van der Waals surface area contributed by atoms with Gasteiger partial charge in [-0.3, -0.25) is 0 Å². The predicted molar refractivity (Wildman–Crippen MR) is 103 cm³/mol. The number of H-pyrrole nitrogens is 1. The molecule has 1 aliphatic carbocycles. The summed E-state index contributed by atoms with van der Waals surface area (Å²) < 4.78 is 5.16. The molecule has 0 atom stereocenters. The van der Waals surface area contributed by atoms with Gasteiger partial charge in [0.15, 0.2) is 0 Å². The average Bonchev–Trinajstić information content (AvgIpc) is 2.96. The maximum Gasteiger partial charge on any atom is 0.338 e. The van der Waals surface area contributed by atoms with Gasteiger partial charge < -0.3 is 15.5 Å². The number of anilines is 1. The number of fused-ring (bicyclic) bond motifs is 5. The minimum Gasteiger partial charge on any atom is -0.462 e. The molecule has 26 heavy (non-hydrogen) atoms. The summed E-state index contributed by atoms with van der Waals surface area (Å²) in [7, 11) is 0. The molecule has 2 heterocycles. The van der Waals surface area contributed by atoms with Crippen LogP contribution >= 0.6 is 0 Å². The van der Waals surface area contributed by atoms with Crippen molar-refractivity contribution < 1.29 is 9.53 Å². The zero-order chi connectivity index (χ0) is 18.6. The highest BCUT2D eigenvalue weighted by Crippen LogP contribution is 2.46. The maximum absolute atomic E-state index is 12.2. The number of ether oxygens (including phenoxy) is 1. The number of nitrogens with zero attached hydrogens (tertiary/aromatic N) is 1. The van der Waals surface area contributed by atoms with Crippen LogP contribution in [0.2, 0.25) is 0 Å². The lowest BCUT2D eigenvalue weighted by atomic mass is 9.72. The number of esters is 1. The van der Waals surface area contributed by atoms with Crippen molar-refractivity contribution in [3.05, 3.63) is 46.5 Å². The number of aromatic nitrogens is 2. The van der Waals surface area contributed by atoms with Gasteiger partial charge in [0.25, 0.3) is 0 Å². The molecule has 0 amide bonds. The highest BCUT2D eigenvalue weighted by Gasteiger charge is 2.35. The lowest BCUT2D eigenvalue weighted by molar-refractivity contribution is 0.0526. The molecule has 4 rings (SSSR count). The monoisotopic (exact) mass is 349 g/mol. The molecule has 1 aliphatic rings. The number of rotatable bonds is 2. The second kappa shape index (κ2) is 5.59. The Hall–Kier alpha value is -2.82. The summed E-state index contributed by atoms with van der Waals surface area (Å²) in [5, 5.41) is 1.04. The van der Waals surface area contributed by atoms with Gasteiger partial charge in [0, 0.05) is 10.9 Å². The summed E-state index contributed by atoms with van der Waals surface area (Å²) in [5.41, 5.74) is 12.8. The van der Waals surface area contributed by atoms with Gasteiger partial charge in [0.1, 0.15) is 5.82 Å². The van der Waals surface area contributed by atoms with E-state index in [9.17, 15) is 4.79 Å². The highest BCUT2D eigenvalue weighted by molar-refractivity contribution is 5.99. The van der Waals surface area contributed by atoms with Gasteiger partial charge in [0.05, 0.1) is 23.6 Å². The van der Waals surface area contributed by atoms with Crippen LogP contribution in [0.5, 0.6) is 0 Å². The van der Waals surface area contributed by atoms with Crippen molar-refractivity contribution in [1.82, 2.24) is 9.97 Å². The third-order valence-electron chi connectivity index (χ3n) is 5.19. The van der Waals surface area contributed by atoms with E-state index in [-0.39, 0.29) is 11.4 Å². The van der Waals surface area contributed by atoms with Crippen LogP contribution in [0.25, 0.3) is 22.3 Å². The molecule has 5 heteroatoms. The second-order valence-corrected chi connectivity index (χ2v) is 7.61. The van der Waals surface area contributed by atoms with Crippen molar-refractivity contribution in [3.63, 3.8) is 0 Å². The molecule has 2 aromatic heterocycles. The van der Waals surface area contributed by atoms with Gasteiger partial charge in [-0.15, -0.1) is 0 Å². The van der Waals surface area contributed by atoms with Gasteiger partial charge >= 0.3 is 5.97 Å². The topological polar surface area (TPSA) is 81.0 Å². The number of nitrogen functional groups attached to an aromatic ring is 1. The fourth-order valence-corrected chi connectivity index (χ4v) is 4.01. The molecule has 134 valence electrons. The first kappa shape index (κ1) is 16.6. The quantitative estimate of drug-likeness (QED) is 0.682. The molecule has 0 unspecified atom stereocenters. The molecular formula is C21H23N3O2. The first-order valence-electron chi connectivity index (χ1n) is 8.91. The van der Waals surface area contributed by atoms with Crippen LogP contribution in [0.1, 0.15) is 47.8 Å². The fourth-order valence-electron chi connectivity index (χ4n) is 4.01. The largest absolute Gasteiger partial charge is 0.462 e. The molecule has 0 bridgehead atoms. The number of carbonyl (C=O) groups excluding carboxylic acids is 1. The number of aryl methyl sites for hydroxylation is 1. The molecule has 0 saturated heterocycles. The number of hydrogen-bond donors (Lipinski definition) is 2. The summed E-state index contributed by atoms with van der Waals surface area (Å²) in [6, 6.07) is 7.80. The number of aromatic amines is 1. The molecule has 3 N–H and O–H groups in total. The van der Waals surface area contributed by atoms with E-state index < -0.39 is 0 Å². The predicted octanol–water partition coefficient (Wildman–Crippen LogP) is 4.13. The Morgan fingerprint density at radius 2 is 2.12 bits per heavy atom. The first-order chi connectivity index (χ1) is 12.3. The van der Waals surface area contributed by atoms with Crippen LogP contribution < -0.4 is 5.73 Å². The van der Waals surface area contributed by atoms with E-state index in [0.29, 0.717) is 18.0 Å². The number of benzene rings is 1. The van der Waals surface area contributed by atoms with Crippen molar-refractivity contribution >= 4 is 22.7 Å². The third kappa shape index (κ3) is 2.38. The van der Waals surface area contributed by atoms with Gasteiger partial charge in [-0.25, -0.2) is 9.78 Å². The van der Waals surface area contributed by atoms with E-state index in [2.05, 4.69) is 29.9 Å². The Bertz CT molecular complexity index is 1050. The lowest BCUT2D eigenvalue weighted by Gasteiger charge is -2.32. The number of pyridine rings is 1. The molecule has 0 radical (unpaired) electrons. The summed E-state index contributed by atoms with van der Waals surface area (Å²) in [5.74, 6) is 0.261. The van der Waals surface area contributed by atoms with Gasteiger partial charge in [-0.05, 0) is 60.6 Å². The number of hydrogen-bond acceptors (Lipinski definition) is 4. The highest BCUT2D eigenvalue weighted by atomic mass is 16.5. The molecular weight excluding hydrogens is 326 g/mol. The zero-order valence-corrected chi connectivity index (χ0v) is 15.6. The Balaban J connectivity index is 1.99. The Morgan fingerprint density at radius 3 is 2.85 bits per heavy atom. The van der Waals surface area contributed by atoms with Crippen molar-refractivity contribution in [2.75, 3.05) is 12.3 Å². The van der Waals surface area contributed by atoms with E-state index in [1.54, 1.807) is 6.07 Å². The SMILES string of the molecule is CCOC(=O)c1ccc2[nH]c3c(c2c1)C(C)(C)Cc1cc(C)c(N)nc1-3. The van der Waals surface area contributed by atoms with E-state index in [1.165, 1.54) is 11.1 Å². The van der Waals surface area contributed by atoms with E-state index in [4.69, 9.17) is 10.5 Å². The van der Waals surface area contributed by atoms with Crippen LogP contribution in [0.3, 0.4) is 0 Å². The minimum absolute atomic E-state index is 0.0852. The Morgan fingerprint density at radius 1 is 1.35 bits per heavy atom. The number of carbonyl (C=O) groups is 1. The van der Waals surface area contributed by atoms with Crippen LogP contribution in [-0.2, 0) is 16.6 Å². The minimum atomic E-state index is -0.295. The van der Waals surface area contributed by atoms with E-state index in [1.807, 2.05) is 26.0 Å².